The zero-order chi connectivity index (χ0) is 24.2. The lowest BCUT2D eigenvalue weighted by molar-refractivity contribution is -0.0236. The fourth-order valence-corrected chi connectivity index (χ4v) is 3.67. The van der Waals surface area contributed by atoms with Gasteiger partial charge in [0.25, 0.3) is 0 Å². The van der Waals surface area contributed by atoms with Crippen LogP contribution in [0.15, 0.2) is 34.6 Å². The molecule has 3 aromatic heterocycles. The van der Waals surface area contributed by atoms with Crippen LogP contribution in [0.4, 0.5) is 26.2 Å². The van der Waals surface area contributed by atoms with Crippen LogP contribution < -0.4 is 10.6 Å². The lowest BCUT2D eigenvalue weighted by atomic mass is 9.77. The van der Waals surface area contributed by atoms with Gasteiger partial charge in [-0.2, -0.15) is 15.2 Å². The summed E-state index contributed by atoms with van der Waals surface area (Å²) in [5.74, 6) is 1.24. The summed E-state index contributed by atoms with van der Waals surface area (Å²) in [6.07, 6.45) is 1.12. The monoisotopic (exact) mass is 460 g/mol. The minimum atomic E-state index is -2.12. The highest BCUT2D eigenvalue weighted by Crippen LogP contribution is 2.34. The summed E-state index contributed by atoms with van der Waals surface area (Å²) in [6, 6.07) is 5.99. The molecule has 1 aliphatic carbocycles. The second kappa shape index (κ2) is 10.2. The standard InChI is InChI=1S/C19H24N8O.C3H6F2/c1-11-14(25-21-4)5-6-15(22-11)13-7-8-27-16(13)17(20-3)24-18(26-27)23-12-9-19(2,28)10-12;1-2-3(4)5/h5-8,12,28H,9-10H2,1-4H3,(H2,20,23,24,26);3H,2H2,1H3. The summed E-state index contributed by atoms with van der Waals surface area (Å²) in [5, 5.41) is 28.9. The Morgan fingerprint density at radius 3 is 2.52 bits per heavy atom. The third-order valence-corrected chi connectivity index (χ3v) is 5.30. The minimum Gasteiger partial charge on any atom is -0.390 e. The van der Waals surface area contributed by atoms with E-state index in [0.717, 1.165) is 28.2 Å². The average Bonchev–Trinajstić information content (AvgIpc) is 3.18. The first kappa shape index (κ1) is 24.4. The van der Waals surface area contributed by atoms with Crippen LogP contribution in [0.2, 0.25) is 0 Å². The van der Waals surface area contributed by atoms with Crippen LogP contribution in [0, 0.1) is 6.92 Å². The number of nitrogens with zero attached hydrogens (tertiary/aromatic N) is 6. The van der Waals surface area contributed by atoms with Crippen molar-refractivity contribution in [3.63, 3.8) is 0 Å². The number of rotatable bonds is 6. The molecule has 9 nitrogen and oxygen atoms in total. The zero-order valence-electron chi connectivity index (χ0n) is 19.5. The van der Waals surface area contributed by atoms with Crippen molar-refractivity contribution in [3.8, 4) is 11.3 Å². The molecular weight excluding hydrogens is 430 g/mol. The van der Waals surface area contributed by atoms with Crippen molar-refractivity contribution in [1.82, 2.24) is 19.6 Å². The molecule has 11 heteroatoms. The zero-order valence-corrected chi connectivity index (χ0v) is 19.5. The van der Waals surface area contributed by atoms with Gasteiger partial charge in [0.2, 0.25) is 12.4 Å². The maximum atomic E-state index is 10.8. The number of hydrogen-bond acceptors (Lipinski definition) is 8. The number of aromatic nitrogens is 4. The fraction of sp³-hybridized carbons (Fsp3) is 0.500. The van der Waals surface area contributed by atoms with Gasteiger partial charge in [0.05, 0.1) is 17.0 Å². The number of halogens is 2. The highest BCUT2D eigenvalue weighted by Gasteiger charge is 2.38. The average molecular weight is 461 g/mol. The van der Waals surface area contributed by atoms with Gasteiger partial charge >= 0.3 is 0 Å². The van der Waals surface area contributed by atoms with Gasteiger partial charge in [-0.05, 0) is 44.9 Å². The molecule has 1 aliphatic rings. The molecule has 0 unspecified atom stereocenters. The summed E-state index contributed by atoms with van der Waals surface area (Å²) in [5.41, 5.74) is 3.58. The Hall–Kier alpha value is -3.21. The molecule has 0 amide bonds. The van der Waals surface area contributed by atoms with Crippen molar-refractivity contribution in [3.05, 3.63) is 30.1 Å². The molecule has 0 bridgehead atoms. The highest BCUT2D eigenvalue weighted by molar-refractivity contribution is 5.87. The van der Waals surface area contributed by atoms with Gasteiger partial charge in [0.1, 0.15) is 11.2 Å². The Kier molecular flexibility index (Phi) is 7.52. The lowest BCUT2D eigenvalue weighted by Gasteiger charge is -2.41. The van der Waals surface area contributed by atoms with Gasteiger partial charge in [-0.3, -0.25) is 4.98 Å². The van der Waals surface area contributed by atoms with Crippen LogP contribution >= 0.6 is 0 Å². The van der Waals surface area contributed by atoms with Gasteiger partial charge in [-0.15, -0.1) is 5.10 Å². The molecule has 0 saturated heterocycles. The smallest absolute Gasteiger partial charge is 0.243 e. The molecule has 0 aliphatic heterocycles. The van der Waals surface area contributed by atoms with Crippen LogP contribution in [0.1, 0.15) is 38.8 Å². The summed E-state index contributed by atoms with van der Waals surface area (Å²) >= 11 is 0. The number of anilines is 2. The number of azo groups is 1. The van der Waals surface area contributed by atoms with E-state index in [9.17, 15) is 13.9 Å². The van der Waals surface area contributed by atoms with Crippen molar-refractivity contribution in [2.24, 2.45) is 10.2 Å². The van der Waals surface area contributed by atoms with E-state index in [1.54, 1.807) is 11.6 Å². The van der Waals surface area contributed by atoms with E-state index >= 15 is 0 Å². The summed E-state index contributed by atoms with van der Waals surface area (Å²) in [7, 11) is 3.47. The number of aliphatic hydroxyl groups is 1. The minimum absolute atomic E-state index is 0.0278. The summed E-state index contributed by atoms with van der Waals surface area (Å²) < 4.78 is 23.3. The van der Waals surface area contributed by atoms with Gasteiger partial charge < -0.3 is 15.7 Å². The molecule has 3 aromatic rings. The highest BCUT2D eigenvalue weighted by atomic mass is 19.3. The van der Waals surface area contributed by atoms with Gasteiger partial charge in [0, 0.05) is 38.3 Å². The Morgan fingerprint density at radius 2 is 1.97 bits per heavy atom. The summed E-state index contributed by atoms with van der Waals surface area (Å²) in [6.45, 7) is 5.20. The fourth-order valence-electron chi connectivity index (χ4n) is 3.67. The molecule has 1 saturated carbocycles. The first-order valence-electron chi connectivity index (χ1n) is 10.8. The van der Waals surface area contributed by atoms with Crippen LogP contribution in [0.25, 0.3) is 16.8 Å². The van der Waals surface area contributed by atoms with Crippen LogP contribution in [-0.4, -0.2) is 56.9 Å². The molecular formula is C22H30F2N8O. The molecule has 3 heterocycles. The second-order valence-electron chi connectivity index (χ2n) is 8.20. The summed E-state index contributed by atoms with van der Waals surface area (Å²) in [4.78, 5) is 9.29. The van der Waals surface area contributed by atoms with Crippen molar-refractivity contribution in [2.75, 3.05) is 24.7 Å². The van der Waals surface area contributed by atoms with E-state index in [1.165, 1.54) is 6.92 Å². The third-order valence-electron chi connectivity index (χ3n) is 5.30. The Bertz CT molecular complexity index is 1120. The predicted molar refractivity (Wildman–Crippen MR) is 125 cm³/mol. The Balaban J connectivity index is 0.000000555. The van der Waals surface area contributed by atoms with Crippen molar-refractivity contribution >= 4 is 23.0 Å². The maximum Gasteiger partial charge on any atom is 0.243 e. The number of pyridine rings is 1. The van der Waals surface area contributed by atoms with E-state index < -0.39 is 12.0 Å². The molecule has 0 atom stereocenters. The van der Waals surface area contributed by atoms with Crippen LogP contribution in [-0.2, 0) is 0 Å². The van der Waals surface area contributed by atoms with Crippen molar-refractivity contribution in [1.29, 1.82) is 0 Å². The molecule has 178 valence electrons. The second-order valence-corrected chi connectivity index (χ2v) is 8.20. The van der Waals surface area contributed by atoms with E-state index in [4.69, 9.17) is 0 Å². The number of aryl methyl sites for hydroxylation is 1. The normalized spacial score (nSPS) is 20.0. The third kappa shape index (κ3) is 5.78. The molecule has 0 aromatic carbocycles. The van der Waals surface area contributed by atoms with Crippen LogP contribution in [0.5, 0.6) is 0 Å². The number of fused-ring (bicyclic) bond motifs is 1. The molecule has 0 spiro atoms. The number of alkyl halides is 2. The molecule has 1 fully saturated rings. The predicted octanol–water partition coefficient (Wildman–Crippen LogP) is 4.84. The molecule has 0 radical (unpaired) electrons. The van der Waals surface area contributed by atoms with Gasteiger partial charge in [0.15, 0.2) is 5.82 Å². The quantitative estimate of drug-likeness (QED) is 0.454. The molecule has 4 rings (SSSR count). The Labute approximate surface area is 191 Å². The van der Waals surface area contributed by atoms with E-state index in [0.29, 0.717) is 24.6 Å². The molecule has 3 N–H and O–H groups in total. The Morgan fingerprint density at radius 1 is 1.27 bits per heavy atom. The van der Waals surface area contributed by atoms with Crippen molar-refractivity contribution in [2.45, 2.75) is 58.1 Å². The molecule has 33 heavy (non-hydrogen) atoms. The first-order chi connectivity index (χ1) is 15.7. The largest absolute Gasteiger partial charge is 0.390 e. The van der Waals surface area contributed by atoms with Gasteiger partial charge in [-0.25, -0.2) is 13.3 Å². The van der Waals surface area contributed by atoms with E-state index in [1.807, 2.05) is 45.3 Å². The number of hydrogen-bond donors (Lipinski definition) is 3. The van der Waals surface area contributed by atoms with Crippen LogP contribution in [0.3, 0.4) is 0 Å². The van der Waals surface area contributed by atoms with Gasteiger partial charge in [-0.1, -0.05) is 6.92 Å². The SMILES string of the molecule is CCC(F)F.CN=Nc1ccc(-c2ccn3nc(NC4CC(C)(O)C4)nc(NC)c23)nc1C. The first-order valence-corrected chi connectivity index (χ1v) is 10.8. The van der Waals surface area contributed by atoms with Crippen molar-refractivity contribution < 1.29 is 13.9 Å². The van der Waals surface area contributed by atoms with E-state index in [2.05, 4.69) is 35.9 Å². The maximum absolute atomic E-state index is 10.8. The topological polar surface area (TPSA) is 112 Å². The lowest BCUT2D eigenvalue weighted by Crippen LogP contribution is -2.48. The number of nitrogens with one attached hydrogen (secondary N) is 2. The van der Waals surface area contributed by atoms with E-state index in [-0.39, 0.29) is 12.5 Å².